The average molecular weight is 187 g/mol. The van der Waals surface area contributed by atoms with Gasteiger partial charge in [0.15, 0.2) is 0 Å². The van der Waals surface area contributed by atoms with Gasteiger partial charge in [0, 0.05) is 18.6 Å². The van der Waals surface area contributed by atoms with Gasteiger partial charge in [-0.3, -0.25) is 4.90 Å². The third kappa shape index (κ3) is 1.72. The molecular weight excluding hydrogens is 169 g/mol. The van der Waals surface area contributed by atoms with Gasteiger partial charge in [0.05, 0.1) is 12.7 Å². The maximum Gasteiger partial charge on any atom is 0.136 e. The molecule has 2 fully saturated rings. The van der Waals surface area contributed by atoms with E-state index in [1.165, 1.54) is 6.42 Å². The van der Waals surface area contributed by atoms with E-state index in [1.807, 2.05) is 0 Å². The van der Waals surface area contributed by atoms with Crippen molar-refractivity contribution in [2.75, 3.05) is 13.2 Å². The maximum absolute atomic E-state index is 13.3. The number of hydrogen-bond acceptors (Lipinski definition) is 2. The molecule has 3 atom stereocenters. The SMILES string of the molecule is CC(C)N1CC(F)COC2CCC21. The van der Waals surface area contributed by atoms with E-state index in [-0.39, 0.29) is 0 Å². The highest BCUT2D eigenvalue weighted by atomic mass is 19.1. The minimum Gasteiger partial charge on any atom is -0.374 e. The largest absolute Gasteiger partial charge is 0.374 e. The van der Waals surface area contributed by atoms with Crippen molar-refractivity contribution < 1.29 is 9.13 Å². The molecule has 0 aromatic heterocycles. The van der Waals surface area contributed by atoms with Crippen LogP contribution in [0.5, 0.6) is 0 Å². The Morgan fingerprint density at radius 3 is 2.69 bits per heavy atom. The van der Waals surface area contributed by atoms with Crippen LogP contribution >= 0.6 is 0 Å². The van der Waals surface area contributed by atoms with Gasteiger partial charge in [-0.25, -0.2) is 4.39 Å². The third-order valence-electron chi connectivity index (χ3n) is 3.17. The molecule has 0 amide bonds. The van der Waals surface area contributed by atoms with Crippen molar-refractivity contribution in [1.29, 1.82) is 0 Å². The van der Waals surface area contributed by atoms with Crippen LogP contribution in [0.25, 0.3) is 0 Å². The molecule has 0 aromatic rings. The van der Waals surface area contributed by atoms with Gasteiger partial charge in [0.25, 0.3) is 0 Å². The molecule has 2 rings (SSSR count). The standard InChI is InChI=1S/C10H18FNO/c1-7(2)12-5-8(11)6-13-10-4-3-9(10)12/h7-10H,3-6H2,1-2H3. The van der Waals surface area contributed by atoms with Crippen LogP contribution < -0.4 is 0 Å². The summed E-state index contributed by atoms with van der Waals surface area (Å²) in [5, 5.41) is 0. The molecule has 2 aliphatic rings. The van der Waals surface area contributed by atoms with E-state index in [0.29, 0.717) is 31.3 Å². The Kier molecular flexibility index (Phi) is 2.56. The minimum absolute atomic E-state index is 0.296. The fraction of sp³-hybridized carbons (Fsp3) is 1.00. The van der Waals surface area contributed by atoms with Crippen LogP contribution in [0.15, 0.2) is 0 Å². The first kappa shape index (κ1) is 9.41. The summed E-state index contributed by atoms with van der Waals surface area (Å²) in [6.07, 6.45) is 1.80. The van der Waals surface area contributed by atoms with E-state index >= 15 is 0 Å². The Morgan fingerprint density at radius 1 is 1.38 bits per heavy atom. The maximum atomic E-state index is 13.3. The zero-order valence-corrected chi connectivity index (χ0v) is 8.37. The van der Waals surface area contributed by atoms with Crippen LogP contribution in [0.3, 0.4) is 0 Å². The highest BCUT2D eigenvalue weighted by molar-refractivity contribution is 4.94. The molecule has 1 saturated heterocycles. The van der Waals surface area contributed by atoms with Gasteiger partial charge < -0.3 is 4.74 Å². The summed E-state index contributed by atoms with van der Waals surface area (Å²) in [5.74, 6) is 0. The van der Waals surface area contributed by atoms with Crippen molar-refractivity contribution in [3.8, 4) is 0 Å². The van der Waals surface area contributed by atoms with Crippen molar-refractivity contribution in [1.82, 2.24) is 4.90 Å². The number of rotatable bonds is 1. The number of fused-ring (bicyclic) bond motifs is 1. The number of halogens is 1. The molecule has 3 unspecified atom stereocenters. The lowest BCUT2D eigenvalue weighted by molar-refractivity contribution is -0.0546. The van der Waals surface area contributed by atoms with E-state index < -0.39 is 6.17 Å². The molecule has 1 aliphatic carbocycles. The number of nitrogens with zero attached hydrogens (tertiary/aromatic N) is 1. The molecule has 2 nitrogen and oxygen atoms in total. The Labute approximate surface area is 79.1 Å². The second-order valence-electron chi connectivity index (χ2n) is 4.40. The van der Waals surface area contributed by atoms with Crippen LogP contribution in [0.2, 0.25) is 0 Å². The average Bonchev–Trinajstić information content (AvgIpc) is 2.09. The fourth-order valence-electron chi connectivity index (χ4n) is 2.26. The van der Waals surface area contributed by atoms with E-state index in [9.17, 15) is 4.39 Å². The summed E-state index contributed by atoms with van der Waals surface area (Å²) in [6.45, 7) is 5.12. The normalized spacial score (nSPS) is 41.1. The topological polar surface area (TPSA) is 12.5 Å². The molecule has 0 N–H and O–H groups in total. The number of alkyl halides is 1. The predicted molar refractivity (Wildman–Crippen MR) is 49.5 cm³/mol. The molecule has 1 heterocycles. The van der Waals surface area contributed by atoms with Gasteiger partial charge in [-0.2, -0.15) is 0 Å². The molecule has 0 bridgehead atoms. The van der Waals surface area contributed by atoms with Gasteiger partial charge in [-0.1, -0.05) is 0 Å². The predicted octanol–water partition coefficient (Wildman–Crippen LogP) is 1.60. The van der Waals surface area contributed by atoms with E-state index in [2.05, 4.69) is 18.7 Å². The molecule has 76 valence electrons. The minimum atomic E-state index is -0.798. The Bertz CT molecular complexity index is 186. The molecule has 0 spiro atoms. The summed E-state index contributed by atoms with van der Waals surface area (Å²) in [7, 11) is 0. The first-order chi connectivity index (χ1) is 6.18. The monoisotopic (exact) mass is 187 g/mol. The zero-order valence-electron chi connectivity index (χ0n) is 8.37. The lowest BCUT2D eigenvalue weighted by Gasteiger charge is -2.43. The highest BCUT2D eigenvalue weighted by Gasteiger charge is 2.40. The van der Waals surface area contributed by atoms with Gasteiger partial charge in [0.1, 0.15) is 6.17 Å². The molecule has 3 heteroatoms. The fourth-order valence-corrected chi connectivity index (χ4v) is 2.26. The summed E-state index contributed by atoms with van der Waals surface area (Å²) in [6, 6.07) is 0.925. The lowest BCUT2D eigenvalue weighted by Crippen LogP contribution is -2.53. The summed E-state index contributed by atoms with van der Waals surface area (Å²) >= 11 is 0. The third-order valence-corrected chi connectivity index (χ3v) is 3.17. The van der Waals surface area contributed by atoms with Crippen molar-refractivity contribution in [2.45, 2.75) is 51.0 Å². The van der Waals surface area contributed by atoms with Crippen molar-refractivity contribution in [3.05, 3.63) is 0 Å². The molecular formula is C10H18FNO. The second kappa shape index (κ2) is 3.54. The quantitative estimate of drug-likeness (QED) is 0.618. The Hall–Kier alpha value is -0.150. The first-order valence-corrected chi connectivity index (χ1v) is 5.20. The molecule has 1 aliphatic heterocycles. The van der Waals surface area contributed by atoms with Crippen LogP contribution in [0.4, 0.5) is 4.39 Å². The van der Waals surface area contributed by atoms with Gasteiger partial charge in [0.2, 0.25) is 0 Å². The van der Waals surface area contributed by atoms with Crippen molar-refractivity contribution in [2.24, 2.45) is 0 Å². The summed E-state index contributed by atoms with van der Waals surface area (Å²) in [5.41, 5.74) is 0. The van der Waals surface area contributed by atoms with Gasteiger partial charge >= 0.3 is 0 Å². The number of hydrogen-bond donors (Lipinski definition) is 0. The van der Waals surface area contributed by atoms with Gasteiger partial charge in [-0.15, -0.1) is 0 Å². The van der Waals surface area contributed by atoms with Gasteiger partial charge in [-0.05, 0) is 26.7 Å². The Morgan fingerprint density at radius 2 is 2.15 bits per heavy atom. The first-order valence-electron chi connectivity index (χ1n) is 5.20. The van der Waals surface area contributed by atoms with Crippen LogP contribution in [0.1, 0.15) is 26.7 Å². The Balaban J connectivity index is 2.04. The molecule has 0 radical (unpaired) electrons. The van der Waals surface area contributed by atoms with Crippen molar-refractivity contribution >= 4 is 0 Å². The summed E-state index contributed by atoms with van der Waals surface area (Å²) < 4.78 is 18.7. The van der Waals surface area contributed by atoms with E-state index in [4.69, 9.17) is 4.74 Å². The lowest BCUT2D eigenvalue weighted by atomic mass is 9.87. The smallest absolute Gasteiger partial charge is 0.136 e. The van der Waals surface area contributed by atoms with E-state index in [0.717, 1.165) is 6.42 Å². The highest BCUT2D eigenvalue weighted by Crippen LogP contribution is 2.32. The van der Waals surface area contributed by atoms with Crippen LogP contribution in [0, 0.1) is 0 Å². The van der Waals surface area contributed by atoms with Crippen molar-refractivity contribution in [3.63, 3.8) is 0 Å². The van der Waals surface area contributed by atoms with E-state index in [1.54, 1.807) is 0 Å². The second-order valence-corrected chi connectivity index (χ2v) is 4.40. The van der Waals surface area contributed by atoms with Crippen LogP contribution in [-0.2, 0) is 4.74 Å². The molecule has 1 saturated carbocycles. The zero-order chi connectivity index (χ0) is 9.42. The molecule has 13 heavy (non-hydrogen) atoms. The number of ether oxygens (including phenoxy) is 1. The molecule has 0 aromatic carbocycles. The van der Waals surface area contributed by atoms with Crippen LogP contribution in [-0.4, -0.2) is 42.4 Å². The summed E-state index contributed by atoms with van der Waals surface area (Å²) in [4.78, 5) is 2.26.